The number of hydrogen-bond donors (Lipinski definition) is 2. The van der Waals surface area contributed by atoms with E-state index in [0.29, 0.717) is 18.8 Å². The van der Waals surface area contributed by atoms with Gasteiger partial charge in [-0.2, -0.15) is 0 Å². The van der Waals surface area contributed by atoms with Crippen molar-refractivity contribution in [3.63, 3.8) is 0 Å². The zero-order chi connectivity index (χ0) is 10.4. The standard InChI is InChI=1S/C10H19NO2/c1-7(2)9(4)11-10(13)6-5-8(3)12/h7,9,12H,3,5-6H2,1-2,4H3,(H,11,13)/t9-/m1/s1. The summed E-state index contributed by atoms with van der Waals surface area (Å²) in [6.07, 6.45) is 0.656. The van der Waals surface area contributed by atoms with E-state index in [9.17, 15) is 4.79 Å². The predicted molar refractivity (Wildman–Crippen MR) is 53.4 cm³/mol. The smallest absolute Gasteiger partial charge is 0.220 e. The normalized spacial score (nSPS) is 12.6. The minimum absolute atomic E-state index is 0.0311. The Labute approximate surface area is 79.8 Å². The molecule has 0 heterocycles. The van der Waals surface area contributed by atoms with Crippen LogP contribution in [-0.4, -0.2) is 17.1 Å². The Morgan fingerprint density at radius 1 is 1.38 bits per heavy atom. The lowest BCUT2D eigenvalue weighted by Crippen LogP contribution is -2.35. The highest BCUT2D eigenvalue weighted by Gasteiger charge is 2.10. The third-order valence-electron chi connectivity index (χ3n) is 2.03. The summed E-state index contributed by atoms with van der Waals surface area (Å²) in [6.45, 7) is 9.39. The lowest BCUT2D eigenvalue weighted by atomic mass is 10.1. The van der Waals surface area contributed by atoms with Gasteiger partial charge in [0.2, 0.25) is 5.91 Å². The maximum atomic E-state index is 11.2. The number of rotatable bonds is 5. The zero-order valence-corrected chi connectivity index (χ0v) is 8.63. The summed E-state index contributed by atoms with van der Waals surface area (Å²) in [5.74, 6) is 0.463. The van der Waals surface area contributed by atoms with Crippen molar-refractivity contribution in [3.8, 4) is 0 Å². The number of carbonyl (C=O) groups excluding carboxylic acids is 1. The molecule has 76 valence electrons. The number of amides is 1. The van der Waals surface area contributed by atoms with E-state index in [1.54, 1.807) is 0 Å². The lowest BCUT2D eigenvalue weighted by Gasteiger charge is -2.17. The van der Waals surface area contributed by atoms with E-state index < -0.39 is 0 Å². The fraction of sp³-hybridized carbons (Fsp3) is 0.700. The van der Waals surface area contributed by atoms with Crippen LogP contribution in [0.15, 0.2) is 12.3 Å². The molecule has 0 aliphatic rings. The van der Waals surface area contributed by atoms with Crippen molar-refractivity contribution in [2.75, 3.05) is 0 Å². The van der Waals surface area contributed by atoms with E-state index in [4.69, 9.17) is 5.11 Å². The van der Waals surface area contributed by atoms with Crippen LogP contribution in [0.1, 0.15) is 33.6 Å². The first kappa shape index (κ1) is 12.0. The van der Waals surface area contributed by atoms with Gasteiger partial charge in [0, 0.05) is 18.9 Å². The number of nitrogens with one attached hydrogen (secondary N) is 1. The summed E-state index contributed by atoms with van der Waals surface area (Å²) in [5, 5.41) is 11.6. The van der Waals surface area contributed by atoms with E-state index in [1.807, 2.05) is 6.92 Å². The van der Waals surface area contributed by atoms with Gasteiger partial charge in [-0.1, -0.05) is 20.4 Å². The molecule has 1 amide bonds. The SMILES string of the molecule is C=C(O)CCC(=O)N[C@H](C)C(C)C. The average molecular weight is 185 g/mol. The minimum atomic E-state index is -0.0311. The van der Waals surface area contributed by atoms with E-state index >= 15 is 0 Å². The Morgan fingerprint density at radius 3 is 2.31 bits per heavy atom. The van der Waals surface area contributed by atoms with E-state index in [-0.39, 0.29) is 17.7 Å². The van der Waals surface area contributed by atoms with Gasteiger partial charge in [0.15, 0.2) is 0 Å². The Hall–Kier alpha value is -0.990. The topological polar surface area (TPSA) is 49.3 Å². The summed E-state index contributed by atoms with van der Waals surface area (Å²) >= 11 is 0. The second kappa shape index (κ2) is 5.62. The molecule has 0 aliphatic heterocycles. The number of hydrogen-bond acceptors (Lipinski definition) is 2. The molecule has 3 nitrogen and oxygen atoms in total. The summed E-state index contributed by atoms with van der Waals surface area (Å²) in [6, 6.07) is 0.180. The van der Waals surface area contributed by atoms with Gasteiger partial charge in [0.25, 0.3) is 0 Å². The van der Waals surface area contributed by atoms with Crippen LogP contribution in [-0.2, 0) is 4.79 Å². The van der Waals surface area contributed by atoms with Gasteiger partial charge < -0.3 is 10.4 Å². The fourth-order valence-electron chi connectivity index (χ4n) is 0.751. The van der Waals surface area contributed by atoms with E-state index in [1.165, 1.54) is 0 Å². The molecule has 0 radical (unpaired) electrons. The van der Waals surface area contributed by atoms with Gasteiger partial charge in [-0.3, -0.25) is 4.79 Å². The van der Waals surface area contributed by atoms with E-state index in [2.05, 4.69) is 25.7 Å². The second-order valence-corrected chi connectivity index (χ2v) is 3.67. The van der Waals surface area contributed by atoms with Gasteiger partial charge in [0.05, 0.1) is 5.76 Å². The molecule has 0 aromatic heterocycles. The highest BCUT2D eigenvalue weighted by molar-refractivity contribution is 5.76. The molecule has 0 aliphatic carbocycles. The van der Waals surface area contributed by atoms with Crippen molar-refractivity contribution < 1.29 is 9.90 Å². The van der Waals surface area contributed by atoms with Crippen molar-refractivity contribution in [1.29, 1.82) is 0 Å². The Balaban J connectivity index is 3.68. The molecule has 0 bridgehead atoms. The van der Waals surface area contributed by atoms with E-state index in [0.717, 1.165) is 0 Å². The maximum absolute atomic E-state index is 11.2. The Kier molecular flexibility index (Phi) is 5.19. The molecular formula is C10H19NO2. The number of carbonyl (C=O) groups is 1. The molecule has 0 saturated heterocycles. The van der Waals surface area contributed by atoms with Crippen LogP contribution in [0.2, 0.25) is 0 Å². The van der Waals surface area contributed by atoms with Crippen LogP contribution in [0.3, 0.4) is 0 Å². The van der Waals surface area contributed by atoms with Crippen LogP contribution in [0.25, 0.3) is 0 Å². The third kappa shape index (κ3) is 6.20. The molecule has 0 rings (SSSR count). The molecule has 2 N–H and O–H groups in total. The van der Waals surface area contributed by atoms with Crippen molar-refractivity contribution in [2.45, 2.75) is 39.7 Å². The van der Waals surface area contributed by atoms with Gasteiger partial charge >= 0.3 is 0 Å². The summed E-state index contributed by atoms with van der Waals surface area (Å²) in [4.78, 5) is 11.2. The van der Waals surface area contributed by atoms with Crippen molar-refractivity contribution >= 4 is 5.91 Å². The Bertz CT molecular complexity index is 187. The van der Waals surface area contributed by atoms with Gasteiger partial charge in [-0.15, -0.1) is 0 Å². The van der Waals surface area contributed by atoms with Gasteiger partial charge in [-0.05, 0) is 12.8 Å². The minimum Gasteiger partial charge on any atom is -0.513 e. The van der Waals surface area contributed by atoms with Crippen LogP contribution in [0.4, 0.5) is 0 Å². The summed E-state index contributed by atoms with van der Waals surface area (Å²) in [7, 11) is 0. The van der Waals surface area contributed by atoms with Gasteiger partial charge in [-0.25, -0.2) is 0 Å². The number of aliphatic hydroxyl groups excluding tert-OH is 1. The molecule has 0 fully saturated rings. The summed E-state index contributed by atoms with van der Waals surface area (Å²) in [5.41, 5.74) is 0. The first-order valence-electron chi connectivity index (χ1n) is 4.59. The molecule has 0 spiro atoms. The number of allylic oxidation sites excluding steroid dienone is 1. The predicted octanol–water partition coefficient (Wildman–Crippen LogP) is 2.00. The van der Waals surface area contributed by atoms with Crippen molar-refractivity contribution in [2.24, 2.45) is 5.92 Å². The molecule has 1 atom stereocenters. The largest absolute Gasteiger partial charge is 0.513 e. The van der Waals surface area contributed by atoms with Crippen molar-refractivity contribution in [3.05, 3.63) is 12.3 Å². The lowest BCUT2D eigenvalue weighted by molar-refractivity contribution is -0.122. The highest BCUT2D eigenvalue weighted by Crippen LogP contribution is 2.02. The number of aliphatic hydroxyl groups is 1. The maximum Gasteiger partial charge on any atom is 0.220 e. The highest BCUT2D eigenvalue weighted by atomic mass is 16.3. The quantitative estimate of drug-likeness (QED) is 0.643. The first-order valence-corrected chi connectivity index (χ1v) is 4.59. The third-order valence-corrected chi connectivity index (χ3v) is 2.03. The zero-order valence-electron chi connectivity index (χ0n) is 8.63. The van der Waals surface area contributed by atoms with Crippen LogP contribution < -0.4 is 5.32 Å². The molecular weight excluding hydrogens is 166 g/mol. The van der Waals surface area contributed by atoms with Crippen molar-refractivity contribution in [1.82, 2.24) is 5.32 Å². The second-order valence-electron chi connectivity index (χ2n) is 3.67. The first-order chi connectivity index (χ1) is 5.93. The van der Waals surface area contributed by atoms with Crippen LogP contribution in [0.5, 0.6) is 0 Å². The average Bonchev–Trinajstić information content (AvgIpc) is 2.00. The van der Waals surface area contributed by atoms with Gasteiger partial charge in [0.1, 0.15) is 0 Å². The molecule has 0 aromatic rings. The molecule has 0 unspecified atom stereocenters. The summed E-state index contributed by atoms with van der Waals surface area (Å²) < 4.78 is 0. The Morgan fingerprint density at radius 2 is 1.92 bits per heavy atom. The molecule has 0 aromatic carbocycles. The van der Waals surface area contributed by atoms with Crippen LogP contribution in [0, 0.1) is 5.92 Å². The fourth-order valence-corrected chi connectivity index (χ4v) is 0.751. The molecule has 13 heavy (non-hydrogen) atoms. The molecule has 3 heteroatoms. The monoisotopic (exact) mass is 185 g/mol. The molecule has 0 saturated carbocycles. The van der Waals surface area contributed by atoms with Crippen LogP contribution >= 0.6 is 0 Å².